The Hall–Kier alpha value is -2.10. The molecule has 96 valence electrons. The SMILES string of the molecule is CCC(C/C=C/c1ccccc1)C(=O)NC(N)=O. The molecule has 0 saturated carbocycles. The minimum absolute atomic E-state index is 0.225. The maximum absolute atomic E-state index is 11.6. The highest BCUT2D eigenvalue weighted by molar-refractivity contribution is 5.94. The molecule has 1 rings (SSSR count). The first-order valence-electron chi connectivity index (χ1n) is 5.95. The maximum Gasteiger partial charge on any atom is 0.318 e. The molecule has 4 heteroatoms. The van der Waals surface area contributed by atoms with Crippen LogP contribution in [-0.2, 0) is 4.79 Å². The number of carbonyl (C=O) groups excluding carboxylic acids is 2. The Morgan fingerprint density at radius 1 is 1.33 bits per heavy atom. The summed E-state index contributed by atoms with van der Waals surface area (Å²) < 4.78 is 0. The van der Waals surface area contributed by atoms with Crippen LogP contribution >= 0.6 is 0 Å². The van der Waals surface area contributed by atoms with E-state index in [1.165, 1.54) is 0 Å². The summed E-state index contributed by atoms with van der Waals surface area (Å²) >= 11 is 0. The van der Waals surface area contributed by atoms with Gasteiger partial charge in [0.25, 0.3) is 0 Å². The molecule has 3 amide bonds. The van der Waals surface area contributed by atoms with Crippen molar-refractivity contribution in [3.8, 4) is 0 Å². The molecule has 0 saturated heterocycles. The van der Waals surface area contributed by atoms with Gasteiger partial charge in [-0.15, -0.1) is 0 Å². The summed E-state index contributed by atoms with van der Waals surface area (Å²) in [6.07, 6.45) is 5.15. The molecule has 18 heavy (non-hydrogen) atoms. The predicted octanol–water partition coefficient (Wildman–Crippen LogP) is 2.31. The smallest absolute Gasteiger partial charge is 0.318 e. The lowest BCUT2D eigenvalue weighted by atomic mass is 10.0. The molecule has 0 aliphatic rings. The monoisotopic (exact) mass is 246 g/mol. The van der Waals surface area contributed by atoms with Crippen molar-refractivity contribution in [1.82, 2.24) is 5.32 Å². The summed E-state index contributed by atoms with van der Waals surface area (Å²) in [5.74, 6) is -0.542. The summed E-state index contributed by atoms with van der Waals surface area (Å²) in [4.78, 5) is 22.2. The topological polar surface area (TPSA) is 72.2 Å². The van der Waals surface area contributed by atoms with E-state index in [4.69, 9.17) is 5.73 Å². The number of amides is 3. The fourth-order valence-corrected chi connectivity index (χ4v) is 1.62. The Morgan fingerprint density at radius 3 is 2.56 bits per heavy atom. The maximum atomic E-state index is 11.6. The van der Waals surface area contributed by atoms with Crippen LogP contribution in [0.4, 0.5) is 4.79 Å². The van der Waals surface area contributed by atoms with Gasteiger partial charge in [-0.3, -0.25) is 10.1 Å². The summed E-state index contributed by atoms with van der Waals surface area (Å²) in [5, 5.41) is 2.11. The zero-order valence-corrected chi connectivity index (χ0v) is 10.4. The second kappa shape index (κ2) is 7.27. The Bertz CT molecular complexity index is 427. The van der Waals surface area contributed by atoms with E-state index in [1.54, 1.807) is 0 Å². The second-order valence-electron chi connectivity index (χ2n) is 4.01. The minimum Gasteiger partial charge on any atom is -0.351 e. The van der Waals surface area contributed by atoms with Crippen molar-refractivity contribution >= 4 is 18.0 Å². The van der Waals surface area contributed by atoms with Crippen molar-refractivity contribution in [2.45, 2.75) is 19.8 Å². The van der Waals surface area contributed by atoms with Crippen LogP contribution in [0.1, 0.15) is 25.3 Å². The van der Waals surface area contributed by atoms with Gasteiger partial charge in [0.05, 0.1) is 0 Å². The number of nitrogens with two attached hydrogens (primary N) is 1. The number of primary amides is 1. The average molecular weight is 246 g/mol. The van der Waals surface area contributed by atoms with Crippen molar-refractivity contribution in [2.24, 2.45) is 11.7 Å². The minimum atomic E-state index is -0.800. The van der Waals surface area contributed by atoms with Gasteiger partial charge in [0.1, 0.15) is 0 Å². The molecule has 0 fully saturated rings. The van der Waals surface area contributed by atoms with Gasteiger partial charge in [-0.25, -0.2) is 4.79 Å². The molecule has 1 aromatic carbocycles. The first kappa shape index (κ1) is 14.0. The van der Waals surface area contributed by atoms with Gasteiger partial charge in [0.2, 0.25) is 5.91 Å². The van der Waals surface area contributed by atoms with Gasteiger partial charge in [-0.1, -0.05) is 49.4 Å². The first-order chi connectivity index (χ1) is 8.63. The third kappa shape index (κ3) is 4.82. The van der Waals surface area contributed by atoms with E-state index >= 15 is 0 Å². The number of hydrogen-bond acceptors (Lipinski definition) is 2. The fraction of sp³-hybridized carbons (Fsp3) is 0.286. The lowest BCUT2D eigenvalue weighted by molar-refractivity contribution is -0.123. The highest BCUT2D eigenvalue weighted by Gasteiger charge is 2.15. The van der Waals surface area contributed by atoms with Crippen molar-refractivity contribution in [3.63, 3.8) is 0 Å². The molecule has 1 atom stereocenters. The van der Waals surface area contributed by atoms with Gasteiger partial charge >= 0.3 is 6.03 Å². The average Bonchev–Trinajstić information content (AvgIpc) is 2.35. The summed E-state index contributed by atoms with van der Waals surface area (Å²) in [7, 11) is 0. The van der Waals surface area contributed by atoms with E-state index < -0.39 is 6.03 Å². The van der Waals surface area contributed by atoms with Crippen molar-refractivity contribution < 1.29 is 9.59 Å². The Kier molecular flexibility index (Phi) is 5.64. The number of nitrogens with one attached hydrogen (secondary N) is 1. The van der Waals surface area contributed by atoms with Crippen molar-refractivity contribution in [3.05, 3.63) is 42.0 Å². The fourth-order valence-electron chi connectivity index (χ4n) is 1.62. The van der Waals surface area contributed by atoms with E-state index in [1.807, 2.05) is 49.4 Å². The highest BCUT2D eigenvalue weighted by atomic mass is 16.2. The third-order valence-corrected chi connectivity index (χ3v) is 2.64. The molecule has 0 aliphatic carbocycles. The van der Waals surface area contributed by atoms with Crippen LogP contribution in [0, 0.1) is 5.92 Å². The number of benzene rings is 1. The summed E-state index contributed by atoms with van der Waals surface area (Å²) in [6, 6.07) is 9.03. The molecule has 0 radical (unpaired) electrons. The number of urea groups is 1. The van der Waals surface area contributed by atoms with Gasteiger partial charge < -0.3 is 5.73 Å². The number of carbonyl (C=O) groups is 2. The Labute approximate surface area is 107 Å². The molecular formula is C14H18N2O2. The van der Waals surface area contributed by atoms with Crippen LogP contribution in [0.5, 0.6) is 0 Å². The van der Waals surface area contributed by atoms with Crippen LogP contribution in [0.25, 0.3) is 6.08 Å². The summed E-state index contributed by atoms with van der Waals surface area (Å²) in [5.41, 5.74) is 6.00. The van der Waals surface area contributed by atoms with E-state index in [0.717, 1.165) is 5.56 Å². The molecule has 1 aromatic rings. The van der Waals surface area contributed by atoms with Crippen LogP contribution < -0.4 is 11.1 Å². The predicted molar refractivity (Wildman–Crippen MR) is 71.6 cm³/mol. The van der Waals surface area contributed by atoms with Gasteiger partial charge in [0.15, 0.2) is 0 Å². The molecular weight excluding hydrogens is 228 g/mol. The Morgan fingerprint density at radius 2 is 2.00 bits per heavy atom. The van der Waals surface area contributed by atoms with Crippen molar-refractivity contribution in [2.75, 3.05) is 0 Å². The molecule has 0 aliphatic heterocycles. The van der Waals surface area contributed by atoms with E-state index in [-0.39, 0.29) is 11.8 Å². The third-order valence-electron chi connectivity index (χ3n) is 2.64. The quantitative estimate of drug-likeness (QED) is 0.836. The zero-order chi connectivity index (χ0) is 13.4. The lowest BCUT2D eigenvalue weighted by Gasteiger charge is -2.10. The zero-order valence-electron chi connectivity index (χ0n) is 10.4. The molecule has 3 N–H and O–H groups in total. The Balaban J connectivity index is 2.52. The number of imide groups is 1. The highest BCUT2D eigenvalue weighted by Crippen LogP contribution is 2.11. The molecule has 4 nitrogen and oxygen atoms in total. The number of hydrogen-bond donors (Lipinski definition) is 2. The van der Waals surface area contributed by atoms with Crippen molar-refractivity contribution in [1.29, 1.82) is 0 Å². The summed E-state index contributed by atoms with van der Waals surface area (Å²) in [6.45, 7) is 1.90. The first-order valence-corrected chi connectivity index (χ1v) is 5.95. The lowest BCUT2D eigenvalue weighted by Crippen LogP contribution is -2.38. The van der Waals surface area contributed by atoms with Gasteiger partial charge in [-0.2, -0.15) is 0 Å². The molecule has 0 bridgehead atoms. The second-order valence-corrected chi connectivity index (χ2v) is 4.01. The van der Waals surface area contributed by atoms with Gasteiger partial charge in [0, 0.05) is 5.92 Å². The standard InChI is InChI=1S/C14H18N2O2/c1-2-12(13(17)16-14(15)18)10-6-9-11-7-4-3-5-8-11/h3-9,12H,2,10H2,1H3,(H3,15,16,17,18)/b9-6+. The van der Waals surface area contributed by atoms with E-state index in [9.17, 15) is 9.59 Å². The largest absolute Gasteiger partial charge is 0.351 e. The van der Waals surface area contributed by atoms with Crippen LogP contribution in [-0.4, -0.2) is 11.9 Å². The van der Waals surface area contributed by atoms with Crippen LogP contribution in [0.3, 0.4) is 0 Å². The molecule has 0 heterocycles. The number of allylic oxidation sites excluding steroid dienone is 1. The molecule has 1 unspecified atom stereocenters. The normalized spacial score (nSPS) is 12.3. The van der Waals surface area contributed by atoms with E-state index in [2.05, 4.69) is 5.32 Å². The molecule has 0 aromatic heterocycles. The van der Waals surface area contributed by atoms with Crippen LogP contribution in [0.2, 0.25) is 0 Å². The number of rotatable bonds is 5. The van der Waals surface area contributed by atoms with Crippen LogP contribution in [0.15, 0.2) is 36.4 Å². The van der Waals surface area contributed by atoms with E-state index in [0.29, 0.717) is 12.8 Å². The molecule has 0 spiro atoms. The van der Waals surface area contributed by atoms with Gasteiger partial charge in [-0.05, 0) is 18.4 Å².